The minimum absolute atomic E-state index is 0.00120. The highest BCUT2D eigenvalue weighted by Gasteiger charge is 2.32. The fourth-order valence-electron chi connectivity index (χ4n) is 8.88. The summed E-state index contributed by atoms with van der Waals surface area (Å²) < 4.78 is 63.4. The summed E-state index contributed by atoms with van der Waals surface area (Å²) in [7, 11) is 5.27. The quantitative estimate of drug-likeness (QED) is 0.0907. The Bertz CT molecular complexity index is 3090. The Kier molecular flexibility index (Phi) is 16.9. The molecule has 0 amide bonds. The first-order valence-electron chi connectivity index (χ1n) is 24.0. The van der Waals surface area contributed by atoms with Gasteiger partial charge >= 0.3 is 5.97 Å². The SMILES string of the molecule is COCCOCCOc1cc(COc2ccc3cc2C[C@H](C(=O)O)Oc2ncnc4sc(-c5ccc(F)cc5)c(c24)-c2c(C)c(Cl)c(c(Cl)c2C)O[C@H](CN2CCN(C)CC2)CO3)nc(-c2ccccc2OC)n1. The number of carbonyl (C=O) groups is 1. The van der Waals surface area contributed by atoms with Gasteiger partial charge in [0.25, 0.3) is 0 Å². The first-order chi connectivity index (χ1) is 35.9. The van der Waals surface area contributed by atoms with Crippen molar-refractivity contribution in [2.24, 2.45) is 0 Å². The van der Waals surface area contributed by atoms with Crippen molar-refractivity contribution in [3.63, 3.8) is 0 Å². The smallest absolute Gasteiger partial charge is 0.345 e. The summed E-state index contributed by atoms with van der Waals surface area (Å²) in [5, 5.41) is 12.0. The topological polar surface area (TPSA) is 169 Å². The number of ether oxygens (including phenoxy) is 8. The number of carboxylic acids is 1. The number of fused-ring (bicyclic) bond motifs is 7. The third-order valence-electron chi connectivity index (χ3n) is 12.8. The normalized spacial score (nSPS) is 16.3. The van der Waals surface area contributed by atoms with Crippen LogP contribution < -0.4 is 28.4 Å². The molecule has 1 fully saturated rings. The fraction of sp³-hybridized carbons (Fsp3) is 0.352. The minimum Gasteiger partial charge on any atom is -0.496 e. The third kappa shape index (κ3) is 11.9. The van der Waals surface area contributed by atoms with E-state index in [0.717, 1.165) is 26.2 Å². The van der Waals surface area contributed by atoms with Crippen molar-refractivity contribution < 1.29 is 52.2 Å². The number of likely N-dealkylation sites (N-methyl/N-ethyl adjacent to an activating group) is 1. The number of nitrogens with zero attached hydrogens (tertiary/aromatic N) is 6. The molecule has 20 heteroatoms. The standard InChI is InChI=1S/C54H55Cl2FN6O10S/c1-31-44-32(2)48(56)49(47(31)55)72-38(27-63-18-16-62(3)17-19-63)29-70-37-14-15-40(71-28-36-26-43(69-23-22-68-21-20-66-4)61-51(60-36)39-8-6-7-9-41(39)67-5)34(24-37)25-42(54(64)65)73-52-46-45(44)50(74-53(46)59-30-58-52)33-10-12-35(57)13-11-33/h6-15,24,26,30,38,42H,16-23,25,27-29H2,1-5H3,(H,64,65)/t38-,42-/m1/s1. The van der Waals surface area contributed by atoms with E-state index < -0.39 is 24.0 Å². The monoisotopic (exact) mass is 1070 g/mol. The molecule has 3 aromatic heterocycles. The van der Waals surface area contributed by atoms with E-state index in [1.807, 2.05) is 38.1 Å². The van der Waals surface area contributed by atoms with Crippen molar-refractivity contribution in [3.05, 3.63) is 117 Å². The molecule has 0 radical (unpaired) electrons. The summed E-state index contributed by atoms with van der Waals surface area (Å²) in [5.41, 5.74) is 4.73. The first-order valence-corrected chi connectivity index (χ1v) is 25.5. The van der Waals surface area contributed by atoms with Gasteiger partial charge in [-0.2, -0.15) is 4.98 Å². The second kappa shape index (κ2) is 23.9. The molecule has 1 saturated heterocycles. The number of methoxy groups -OCH3 is 2. The van der Waals surface area contributed by atoms with E-state index in [-0.39, 0.29) is 48.0 Å². The Labute approximate surface area is 441 Å². The second-order valence-corrected chi connectivity index (χ2v) is 19.5. The van der Waals surface area contributed by atoms with Crippen LogP contribution in [0.4, 0.5) is 4.39 Å². The molecule has 2 atom stereocenters. The van der Waals surface area contributed by atoms with Gasteiger partial charge in [-0.1, -0.05) is 47.5 Å². The van der Waals surface area contributed by atoms with Gasteiger partial charge in [0, 0.05) is 68.3 Å². The third-order valence-corrected chi connectivity index (χ3v) is 14.8. The van der Waals surface area contributed by atoms with Crippen LogP contribution in [0.1, 0.15) is 22.4 Å². The first kappa shape index (κ1) is 52.5. The Morgan fingerprint density at radius 2 is 1.62 bits per heavy atom. The summed E-state index contributed by atoms with van der Waals surface area (Å²) in [6.07, 6.45) is -0.961. The lowest BCUT2D eigenvalue weighted by Gasteiger charge is -2.35. The van der Waals surface area contributed by atoms with Gasteiger partial charge in [0.1, 0.15) is 60.1 Å². The largest absolute Gasteiger partial charge is 0.496 e. The zero-order valence-electron chi connectivity index (χ0n) is 41.5. The fourth-order valence-corrected chi connectivity index (χ4v) is 10.5. The maximum absolute atomic E-state index is 14.5. The van der Waals surface area contributed by atoms with Gasteiger partial charge in [0.05, 0.1) is 53.6 Å². The number of benzene rings is 4. The van der Waals surface area contributed by atoms with E-state index in [9.17, 15) is 14.3 Å². The van der Waals surface area contributed by atoms with Gasteiger partial charge in [-0.25, -0.2) is 24.1 Å². The molecule has 4 aromatic carbocycles. The van der Waals surface area contributed by atoms with Gasteiger partial charge in [0.2, 0.25) is 17.9 Å². The molecule has 1 N–H and O–H groups in total. The predicted octanol–water partition coefficient (Wildman–Crippen LogP) is 9.64. The van der Waals surface area contributed by atoms with Crippen LogP contribution >= 0.6 is 34.5 Å². The predicted molar refractivity (Wildman–Crippen MR) is 280 cm³/mol. The van der Waals surface area contributed by atoms with Crippen LogP contribution in [0.5, 0.6) is 34.8 Å². The summed E-state index contributed by atoms with van der Waals surface area (Å²) in [4.78, 5) is 38.0. The average molecular weight is 1070 g/mol. The van der Waals surface area contributed by atoms with Gasteiger partial charge in [-0.15, -0.1) is 11.3 Å². The Hall–Kier alpha value is -6.38. The summed E-state index contributed by atoms with van der Waals surface area (Å²) in [6.45, 7) is 9.00. The summed E-state index contributed by atoms with van der Waals surface area (Å²) in [6, 6.07) is 20.4. The molecule has 10 rings (SSSR count). The number of aliphatic carboxylic acids is 1. The highest BCUT2D eigenvalue weighted by molar-refractivity contribution is 7.22. The lowest BCUT2D eigenvalue weighted by molar-refractivity contribution is -0.145. The van der Waals surface area contributed by atoms with Crippen LogP contribution in [0.25, 0.3) is 43.2 Å². The van der Waals surface area contributed by atoms with E-state index >= 15 is 0 Å². The molecular weight excluding hydrogens is 1010 g/mol. The molecule has 7 aromatic rings. The zero-order chi connectivity index (χ0) is 51.9. The lowest BCUT2D eigenvalue weighted by atomic mass is 9.92. The van der Waals surface area contributed by atoms with Crippen molar-refractivity contribution in [2.75, 3.05) is 87.0 Å². The Morgan fingerprint density at radius 1 is 0.865 bits per heavy atom. The van der Waals surface area contributed by atoms with Crippen molar-refractivity contribution in [1.29, 1.82) is 0 Å². The number of hydrogen-bond acceptors (Lipinski definition) is 16. The molecule has 388 valence electrons. The highest BCUT2D eigenvalue weighted by Crippen LogP contribution is 2.53. The molecule has 0 spiro atoms. The Balaban J connectivity index is 1.13. The van der Waals surface area contributed by atoms with E-state index in [1.165, 1.54) is 29.8 Å². The number of para-hydroxylation sites is 1. The molecule has 0 aliphatic carbocycles. The number of aromatic nitrogens is 4. The van der Waals surface area contributed by atoms with E-state index in [1.54, 1.807) is 50.6 Å². The second-order valence-electron chi connectivity index (χ2n) is 17.8. The van der Waals surface area contributed by atoms with E-state index in [0.29, 0.717) is 115 Å². The molecule has 3 aliphatic rings. The van der Waals surface area contributed by atoms with Crippen LogP contribution in [0.2, 0.25) is 10.0 Å². The molecule has 6 heterocycles. The molecule has 4 bridgehead atoms. The number of rotatable bonds is 16. The number of piperazine rings is 1. The van der Waals surface area contributed by atoms with Crippen LogP contribution in [-0.4, -0.2) is 140 Å². The van der Waals surface area contributed by atoms with Crippen LogP contribution in [0, 0.1) is 19.7 Å². The molecular formula is C54H55Cl2FN6O10S. The molecule has 0 saturated carbocycles. The number of carboxylic acid groups (broad SMARTS) is 1. The number of hydrogen-bond donors (Lipinski definition) is 1. The molecule has 0 unspecified atom stereocenters. The van der Waals surface area contributed by atoms with Crippen LogP contribution in [0.15, 0.2) is 79.1 Å². The highest BCUT2D eigenvalue weighted by atomic mass is 35.5. The molecule has 3 aliphatic heterocycles. The van der Waals surface area contributed by atoms with Gasteiger partial charge in [-0.3, -0.25) is 4.90 Å². The van der Waals surface area contributed by atoms with Crippen molar-refractivity contribution in [2.45, 2.75) is 39.1 Å². The van der Waals surface area contributed by atoms with Gasteiger partial charge < -0.3 is 47.9 Å². The summed E-state index contributed by atoms with van der Waals surface area (Å²) >= 11 is 16.0. The summed E-state index contributed by atoms with van der Waals surface area (Å²) in [5.74, 6) is 0.570. The lowest BCUT2D eigenvalue weighted by Crippen LogP contribution is -2.49. The van der Waals surface area contributed by atoms with Gasteiger partial charge in [0.15, 0.2) is 11.6 Å². The van der Waals surface area contributed by atoms with Gasteiger partial charge in [-0.05, 0) is 85.6 Å². The van der Waals surface area contributed by atoms with Crippen LogP contribution in [0.3, 0.4) is 0 Å². The van der Waals surface area contributed by atoms with Crippen molar-refractivity contribution in [1.82, 2.24) is 29.7 Å². The molecule has 16 nitrogen and oxygen atoms in total. The zero-order valence-corrected chi connectivity index (χ0v) is 43.8. The average Bonchev–Trinajstić information content (AvgIpc) is 3.79. The van der Waals surface area contributed by atoms with Crippen LogP contribution in [-0.2, 0) is 27.3 Å². The Morgan fingerprint density at radius 3 is 2.36 bits per heavy atom. The van der Waals surface area contributed by atoms with E-state index in [4.69, 9.17) is 71.1 Å². The van der Waals surface area contributed by atoms with Crippen molar-refractivity contribution in [3.8, 4) is 67.7 Å². The number of halogens is 3. The van der Waals surface area contributed by atoms with Crippen molar-refractivity contribution >= 4 is 50.7 Å². The maximum atomic E-state index is 14.5. The maximum Gasteiger partial charge on any atom is 0.345 e. The minimum atomic E-state index is -1.52. The molecule has 74 heavy (non-hydrogen) atoms. The number of thiophene rings is 1. The van der Waals surface area contributed by atoms with E-state index in [2.05, 4.69) is 26.8 Å².